The molecule has 0 unspecified atom stereocenters. The first kappa shape index (κ1) is 21.5. The van der Waals surface area contributed by atoms with Gasteiger partial charge in [0.15, 0.2) is 0 Å². The third kappa shape index (κ3) is 3.69. The molecule has 154 valence electrons. The Morgan fingerprint density at radius 2 is 1.46 bits per heavy atom. The molecule has 3 rings (SSSR count). The summed E-state index contributed by atoms with van der Waals surface area (Å²) in [5, 5.41) is 4.49. The zero-order valence-electron chi connectivity index (χ0n) is 15.6. The van der Waals surface area contributed by atoms with Gasteiger partial charge in [0.1, 0.15) is 9.79 Å². The molecule has 0 N–H and O–H groups in total. The van der Waals surface area contributed by atoms with E-state index in [-0.39, 0.29) is 46.0 Å². The molecule has 0 bridgehead atoms. The van der Waals surface area contributed by atoms with Gasteiger partial charge in [-0.1, -0.05) is 23.2 Å². The highest BCUT2D eigenvalue weighted by molar-refractivity contribution is 7.89. The van der Waals surface area contributed by atoms with E-state index in [4.69, 9.17) is 23.2 Å². The Morgan fingerprint density at radius 1 is 0.929 bits per heavy atom. The van der Waals surface area contributed by atoms with Gasteiger partial charge in [-0.3, -0.25) is 4.68 Å². The van der Waals surface area contributed by atoms with Gasteiger partial charge in [-0.2, -0.15) is 13.7 Å². The van der Waals surface area contributed by atoms with Gasteiger partial charge in [-0.05, 0) is 32.0 Å². The normalized spacial score (nSPS) is 17.2. The molecule has 1 aromatic carbocycles. The second-order valence-electron chi connectivity index (χ2n) is 6.51. The van der Waals surface area contributed by atoms with Gasteiger partial charge >= 0.3 is 0 Å². The van der Waals surface area contributed by atoms with Gasteiger partial charge in [-0.15, -0.1) is 0 Å². The number of halogens is 2. The molecule has 8 nitrogen and oxygen atoms in total. The van der Waals surface area contributed by atoms with Gasteiger partial charge in [0.2, 0.25) is 20.0 Å². The fourth-order valence-corrected chi connectivity index (χ4v) is 7.20. The molecule has 1 aliphatic rings. The number of sulfonamides is 2. The number of hydrogen-bond acceptors (Lipinski definition) is 5. The number of piperazine rings is 1. The van der Waals surface area contributed by atoms with E-state index >= 15 is 0 Å². The quantitative estimate of drug-likeness (QED) is 0.686. The lowest BCUT2D eigenvalue weighted by molar-refractivity contribution is 0.272. The molecule has 0 amide bonds. The summed E-state index contributed by atoms with van der Waals surface area (Å²) in [6.45, 7) is 3.43. The second kappa shape index (κ2) is 7.58. The second-order valence-corrected chi connectivity index (χ2v) is 11.1. The zero-order chi connectivity index (χ0) is 20.9. The molecule has 1 fully saturated rings. The molecule has 1 saturated heterocycles. The Labute approximate surface area is 174 Å². The van der Waals surface area contributed by atoms with Crippen molar-refractivity contribution in [2.75, 3.05) is 26.2 Å². The molecule has 1 aliphatic heterocycles. The standard InChI is InChI=1S/C16H20Cl2N4O4S2/c1-11-16(12(2)20(3)19-11)28(25,26)22-8-6-21(7-9-22)27(23,24)15-10-13(17)4-5-14(15)18/h4-5,10H,6-9H2,1-3H3. The van der Waals surface area contributed by atoms with Crippen molar-refractivity contribution in [1.29, 1.82) is 0 Å². The molecule has 28 heavy (non-hydrogen) atoms. The van der Waals surface area contributed by atoms with E-state index in [1.54, 1.807) is 20.9 Å². The van der Waals surface area contributed by atoms with Crippen LogP contribution in [0.25, 0.3) is 0 Å². The van der Waals surface area contributed by atoms with E-state index in [0.717, 1.165) is 0 Å². The molecule has 0 radical (unpaired) electrons. The van der Waals surface area contributed by atoms with Gasteiger partial charge < -0.3 is 0 Å². The van der Waals surface area contributed by atoms with E-state index in [2.05, 4.69) is 5.10 Å². The van der Waals surface area contributed by atoms with Crippen molar-refractivity contribution in [3.8, 4) is 0 Å². The molecular formula is C16H20Cl2N4O4S2. The first-order chi connectivity index (χ1) is 13.0. The lowest BCUT2D eigenvalue weighted by atomic mass is 10.4. The van der Waals surface area contributed by atoms with Crippen LogP contribution in [0.5, 0.6) is 0 Å². The monoisotopic (exact) mass is 466 g/mol. The van der Waals surface area contributed by atoms with Gasteiger partial charge in [0, 0.05) is 38.2 Å². The minimum Gasteiger partial charge on any atom is -0.271 e. The number of benzene rings is 1. The fourth-order valence-electron chi connectivity index (χ4n) is 3.22. The van der Waals surface area contributed by atoms with Crippen molar-refractivity contribution < 1.29 is 16.8 Å². The van der Waals surface area contributed by atoms with Crippen LogP contribution in [0.1, 0.15) is 11.4 Å². The van der Waals surface area contributed by atoms with Crippen LogP contribution in [-0.2, 0) is 27.1 Å². The maximum atomic E-state index is 13.0. The third-order valence-corrected chi connectivity index (χ3v) is 9.52. The van der Waals surface area contributed by atoms with Crippen LogP contribution in [0.3, 0.4) is 0 Å². The summed E-state index contributed by atoms with van der Waals surface area (Å²) in [4.78, 5) is 0.0844. The lowest BCUT2D eigenvalue weighted by Crippen LogP contribution is -2.50. The average Bonchev–Trinajstić information content (AvgIpc) is 2.89. The summed E-state index contributed by atoms with van der Waals surface area (Å²) in [6.07, 6.45) is 0. The average molecular weight is 467 g/mol. The third-order valence-electron chi connectivity index (χ3n) is 4.75. The molecule has 0 saturated carbocycles. The number of aryl methyl sites for hydroxylation is 2. The molecule has 2 heterocycles. The minimum absolute atomic E-state index is 0.0166. The number of aromatic nitrogens is 2. The topological polar surface area (TPSA) is 92.6 Å². The van der Waals surface area contributed by atoms with Crippen LogP contribution < -0.4 is 0 Å². The zero-order valence-corrected chi connectivity index (χ0v) is 18.7. The van der Waals surface area contributed by atoms with Gasteiger partial charge in [0.25, 0.3) is 0 Å². The van der Waals surface area contributed by atoms with Gasteiger partial charge in [-0.25, -0.2) is 16.8 Å². The highest BCUT2D eigenvalue weighted by Crippen LogP contribution is 2.29. The van der Waals surface area contributed by atoms with E-state index in [1.807, 2.05) is 0 Å². The van der Waals surface area contributed by atoms with Crippen molar-refractivity contribution in [3.05, 3.63) is 39.6 Å². The number of nitrogens with zero attached hydrogens (tertiary/aromatic N) is 4. The lowest BCUT2D eigenvalue weighted by Gasteiger charge is -2.33. The van der Waals surface area contributed by atoms with Crippen LogP contribution in [0.15, 0.2) is 28.0 Å². The molecule has 12 heteroatoms. The Morgan fingerprint density at radius 3 is 1.96 bits per heavy atom. The predicted octanol–water partition coefficient (Wildman–Crippen LogP) is 2.04. The maximum absolute atomic E-state index is 13.0. The first-order valence-electron chi connectivity index (χ1n) is 8.42. The number of rotatable bonds is 4. The van der Waals surface area contributed by atoms with E-state index < -0.39 is 20.0 Å². The minimum atomic E-state index is -3.88. The summed E-state index contributed by atoms with van der Waals surface area (Å²) in [7, 11) is -5.97. The van der Waals surface area contributed by atoms with Crippen molar-refractivity contribution in [2.24, 2.45) is 7.05 Å². The molecular weight excluding hydrogens is 447 g/mol. The summed E-state index contributed by atoms with van der Waals surface area (Å²) in [5.74, 6) is 0. The highest BCUT2D eigenvalue weighted by Gasteiger charge is 2.36. The van der Waals surface area contributed by atoms with Crippen LogP contribution in [-0.4, -0.2) is 61.4 Å². The van der Waals surface area contributed by atoms with Crippen LogP contribution >= 0.6 is 23.2 Å². The van der Waals surface area contributed by atoms with Crippen molar-refractivity contribution in [1.82, 2.24) is 18.4 Å². The van der Waals surface area contributed by atoms with Crippen LogP contribution in [0.2, 0.25) is 10.0 Å². The summed E-state index contributed by atoms with van der Waals surface area (Å²) >= 11 is 11.9. The van der Waals surface area contributed by atoms with E-state index in [9.17, 15) is 16.8 Å². The molecule has 0 aliphatic carbocycles. The summed E-state index contributed by atoms with van der Waals surface area (Å²) in [5.41, 5.74) is 0.957. The van der Waals surface area contributed by atoms with Crippen LogP contribution in [0, 0.1) is 13.8 Å². The van der Waals surface area contributed by atoms with Crippen molar-refractivity contribution >= 4 is 43.2 Å². The predicted molar refractivity (Wildman–Crippen MR) is 107 cm³/mol. The van der Waals surface area contributed by atoms with Gasteiger partial charge in [0.05, 0.1) is 16.4 Å². The smallest absolute Gasteiger partial charge is 0.246 e. The molecule has 2 aromatic rings. The summed E-state index contributed by atoms with van der Waals surface area (Å²) < 4.78 is 55.9. The Kier molecular flexibility index (Phi) is 5.83. The van der Waals surface area contributed by atoms with Crippen molar-refractivity contribution in [3.63, 3.8) is 0 Å². The van der Waals surface area contributed by atoms with Crippen LogP contribution in [0.4, 0.5) is 0 Å². The van der Waals surface area contributed by atoms with Crippen molar-refractivity contribution in [2.45, 2.75) is 23.6 Å². The SMILES string of the molecule is Cc1nn(C)c(C)c1S(=O)(=O)N1CCN(S(=O)(=O)c2cc(Cl)ccc2Cl)CC1. The first-order valence-corrected chi connectivity index (χ1v) is 12.1. The van der Waals surface area contributed by atoms with E-state index in [0.29, 0.717) is 11.4 Å². The largest absolute Gasteiger partial charge is 0.271 e. The highest BCUT2D eigenvalue weighted by atomic mass is 35.5. The maximum Gasteiger partial charge on any atom is 0.246 e. The fraction of sp³-hybridized carbons (Fsp3) is 0.438. The molecule has 1 aromatic heterocycles. The Bertz CT molecular complexity index is 1120. The Hall–Kier alpha value is -1.17. The molecule has 0 atom stereocenters. The van der Waals surface area contributed by atoms with E-state index in [1.165, 1.54) is 31.5 Å². The Balaban J connectivity index is 1.83. The number of hydrogen-bond donors (Lipinski definition) is 0. The molecule has 0 spiro atoms. The summed E-state index contributed by atoms with van der Waals surface area (Å²) in [6, 6.07) is 4.22.